The number of hydrogen-bond donors (Lipinski definition) is 0. The van der Waals surface area contributed by atoms with Gasteiger partial charge in [0.25, 0.3) is 0 Å². The first-order valence-electron chi connectivity index (χ1n) is 13.6. The molecule has 1 amide bonds. The van der Waals surface area contributed by atoms with Crippen LogP contribution in [0.15, 0.2) is 97.3 Å². The molecule has 0 spiro atoms. The van der Waals surface area contributed by atoms with Gasteiger partial charge in [0.05, 0.1) is 27.3 Å². The number of nitrogens with zero attached hydrogens (tertiary/aromatic N) is 9. The van der Waals surface area contributed by atoms with Crippen molar-refractivity contribution in [1.82, 2.24) is 44.4 Å². The lowest BCUT2D eigenvalue weighted by atomic mass is 10.0. The van der Waals surface area contributed by atoms with Gasteiger partial charge in [0, 0.05) is 36.3 Å². The van der Waals surface area contributed by atoms with Crippen molar-refractivity contribution >= 4 is 28.8 Å². The maximum atomic E-state index is 13.7. The largest absolute Gasteiger partial charge is 0.444 e. The fourth-order valence-electron chi connectivity index (χ4n) is 4.65. The molecule has 217 valence electrons. The van der Waals surface area contributed by atoms with Gasteiger partial charge in [-0.25, -0.2) is 24.1 Å². The van der Waals surface area contributed by atoms with Gasteiger partial charge in [0.15, 0.2) is 0 Å². The van der Waals surface area contributed by atoms with Crippen molar-refractivity contribution in [3.05, 3.63) is 125 Å². The summed E-state index contributed by atoms with van der Waals surface area (Å²) >= 11 is 3.06. The lowest BCUT2D eigenvalue weighted by Crippen LogP contribution is -2.41. The Balaban J connectivity index is 1.19. The molecule has 13 heteroatoms. The van der Waals surface area contributed by atoms with E-state index in [1.165, 1.54) is 24.0 Å². The van der Waals surface area contributed by atoms with E-state index in [0.717, 1.165) is 45.1 Å². The van der Waals surface area contributed by atoms with Crippen LogP contribution < -0.4 is 0 Å². The highest BCUT2D eigenvalue weighted by Crippen LogP contribution is 2.23. The molecule has 2 aromatic carbocycles. The Labute approximate surface area is 256 Å². The molecular formula is C30H28N9O2S2. The van der Waals surface area contributed by atoms with Crippen LogP contribution in [0.2, 0.25) is 0 Å². The molecule has 0 aliphatic rings. The maximum absolute atomic E-state index is 13.7. The summed E-state index contributed by atoms with van der Waals surface area (Å²) in [7, 11) is 0. The molecule has 4 aromatic heterocycles. The number of aromatic nitrogens is 8. The molecular weight excluding hydrogens is 583 g/mol. The van der Waals surface area contributed by atoms with Crippen LogP contribution in [-0.4, -0.2) is 56.5 Å². The SMILES string of the molecule is O=C(OCc1cncs1)N(Cc1ccc(-n2cncn2)cc1)C(CC[CH]c1ccc(-n2cncn2)cc1)Cc1cncs1. The van der Waals surface area contributed by atoms with Crippen molar-refractivity contribution in [2.45, 2.75) is 38.5 Å². The van der Waals surface area contributed by atoms with E-state index in [2.05, 4.69) is 48.7 Å². The average molecular weight is 611 g/mol. The summed E-state index contributed by atoms with van der Waals surface area (Å²) in [6.07, 6.45) is 14.0. The number of carbonyl (C=O) groups is 1. The Morgan fingerprint density at radius 3 is 2.05 bits per heavy atom. The first-order valence-corrected chi connectivity index (χ1v) is 15.4. The van der Waals surface area contributed by atoms with Gasteiger partial charge in [-0.05, 0) is 54.7 Å². The molecule has 11 nitrogen and oxygen atoms in total. The molecule has 1 atom stereocenters. The highest BCUT2D eigenvalue weighted by molar-refractivity contribution is 7.09. The van der Waals surface area contributed by atoms with Gasteiger partial charge in [0.2, 0.25) is 0 Å². The van der Waals surface area contributed by atoms with E-state index in [0.29, 0.717) is 13.0 Å². The van der Waals surface area contributed by atoms with E-state index in [4.69, 9.17) is 4.74 Å². The normalized spacial score (nSPS) is 11.8. The summed E-state index contributed by atoms with van der Waals surface area (Å²) in [6.45, 7) is 0.581. The minimum atomic E-state index is -0.361. The van der Waals surface area contributed by atoms with Gasteiger partial charge >= 0.3 is 6.09 Å². The molecule has 0 fully saturated rings. The van der Waals surface area contributed by atoms with Crippen LogP contribution in [0.5, 0.6) is 0 Å². The Morgan fingerprint density at radius 2 is 1.47 bits per heavy atom. The second-order valence-electron chi connectivity index (χ2n) is 9.70. The van der Waals surface area contributed by atoms with Crippen LogP contribution in [0.3, 0.4) is 0 Å². The van der Waals surface area contributed by atoms with E-state index in [1.807, 2.05) is 53.0 Å². The summed E-state index contributed by atoms with van der Waals surface area (Å²) < 4.78 is 9.24. The molecule has 4 heterocycles. The van der Waals surface area contributed by atoms with Crippen LogP contribution >= 0.6 is 22.7 Å². The summed E-state index contributed by atoms with van der Waals surface area (Å²) in [4.78, 5) is 33.9. The summed E-state index contributed by atoms with van der Waals surface area (Å²) in [5.74, 6) is 0. The van der Waals surface area contributed by atoms with E-state index in [-0.39, 0.29) is 18.7 Å². The first kappa shape index (κ1) is 28.4. The molecule has 43 heavy (non-hydrogen) atoms. The number of carbonyl (C=O) groups excluding carboxylic acids is 1. The number of amides is 1. The van der Waals surface area contributed by atoms with Crippen LogP contribution in [0.25, 0.3) is 11.4 Å². The third kappa shape index (κ3) is 7.56. The average Bonchev–Trinajstić information content (AvgIpc) is 3.88. The lowest BCUT2D eigenvalue weighted by molar-refractivity contribution is 0.0757. The van der Waals surface area contributed by atoms with Crippen LogP contribution in [0.1, 0.15) is 33.7 Å². The Bertz CT molecular complexity index is 1650. The zero-order valence-electron chi connectivity index (χ0n) is 23.1. The molecule has 0 bridgehead atoms. The lowest BCUT2D eigenvalue weighted by Gasteiger charge is -2.31. The number of ether oxygens (including phenoxy) is 1. The minimum absolute atomic E-state index is 0.116. The molecule has 1 radical (unpaired) electrons. The summed E-state index contributed by atoms with van der Waals surface area (Å²) in [5.41, 5.74) is 7.49. The third-order valence-electron chi connectivity index (χ3n) is 6.85. The Morgan fingerprint density at radius 1 is 0.837 bits per heavy atom. The second kappa shape index (κ2) is 13.9. The Kier molecular flexibility index (Phi) is 9.20. The van der Waals surface area contributed by atoms with Gasteiger partial charge < -0.3 is 9.64 Å². The predicted molar refractivity (Wildman–Crippen MR) is 163 cm³/mol. The molecule has 0 saturated carbocycles. The third-order valence-corrected chi connectivity index (χ3v) is 8.40. The monoisotopic (exact) mass is 610 g/mol. The quantitative estimate of drug-likeness (QED) is 0.167. The molecule has 6 aromatic rings. The van der Waals surface area contributed by atoms with Crippen molar-refractivity contribution in [1.29, 1.82) is 0 Å². The number of rotatable bonds is 13. The smallest absolute Gasteiger partial charge is 0.410 e. The van der Waals surface area contributed by atoms with Crippen LogP contribution in [0, 0.1) is 6.42 Å². The second-order valence-corrected chi connectivity index (χ2v) is 11.6. The highest BCUT2D eigenvalue weighted by atomic mass is 32.1. The topological polar surface area (TPSA) is 117 Å². The zero-order valence-corrected chi connectivity index (χ0v) is 24.7. The molecule has 0 N–H and O–H groups in total. The van der Waals surface area contributed by atoms with E-state index >= 15 is 0 Å². The van der Waals surface area contributed by atoms with E-state index in [9.17, 15) is 4.79 Å². The fourth-order valence-corrected chi connectivity index (χ4v) is 5.83. The van der Waals surface area contributed by atoms with Crippen molar-refractivity contribution in [2.75, 3.05) is 0 Å². The molecule has 0 saturated heterocycles. The highest BCUT2D eigenvalue weighted by Gasteiger charge is 2.26. The first-order chi connectivity index (χ1) is 21.2. The molecule has 6 rings (SSSR count). The molecule has 1 unspecified atom stereocenters. The number of thiazole rings is 2. The van der Waals surface area contributed by atoms with Gasteiger partial charge in [-0.1, -0.05) is 24.3 Å². The fraction of sp³-hybridized carbons (Fsp3) is 0.200. The maximum Gasteiger partial charge on any atom is 0.410 e. The summed E-state index contributed by atoms with van der Waals surface area (Å²) in [5, 5.41) is 8.39. The van der Waals surface area contributed by atoms with Gasteiger partial charge in [-0.15, -0.1) is 22.7 Å². The van der Waals surface area contributed by atoms with Crippen molar-refractivity contribution in [2.24, 2.45) is 0 Å². The molecule has 0 aliphatic carbocycles. The van der Waals surface area contributed by atoms with Crippen molar-refractivity contribution in [3.8, 4) is 11.4 Å². The van der Waals surface area contributed by atoms with Crippen molar-refractivity contribution < 1.29 is 9.53 Å². The number of benzene rings is 2. The molecule has 0 aliphatic heterocycles. The van der Waals surface area contributed by atoms with Gasteiger partial charge in [-0.3, -0.25) is 9.97 Å². The Hall–Kier alpha value is -4.75. The van der Waals surface area contributed by atoms with E-state index in [1.54, 1.807) is 45.1 Å². The van der Waals surface area contributed by atoms with Gasteiger partial charge in [-0.2, -0.15) is 10.2 Å². The summed E-state index contributed by atoms with van der Waals surface area (Å²) in [6, 6.07) is 16.0. The van der Waals surface area contributed by atoms with Crippen molar-refractivity contribution in [3.63, 3.8) is 0 Å². The zero-order chi connectivity index (χ0) is 29.3. The van der Waals surface area contributed by atoms with E-state index < -0.39 is 0 Å². The predicted octanol–water partition coefficient (Wildman–Crippen LogP) is 5.54. The minimum Gasteiger partial charge on any atom is -0.444 e. The number of hydrogen-bond acceptors (Lipinski definition) is 10. The van der Waals surface area contributed by atoms with Gasteiger partial charge in [0.1, 0.15) is 31.9 Å². The van der Waals surface area contributed by atoms with Crippen LogP contribution in [0.4, 0.5) is 4.79 Å². The standard InChI is InChI=1S/C30H28N9O2S2/c40-30(41-16-29-14-32-22-43-29)37(15-24-6-10-26(11-7-24)39-20-34-18-36-39)27(12-28-13-31-21-42-28)3-1-2-23-4-8-25(9-5-23)38-19-33-17-35-38/h2,4-11,13-14,17-22,27H,1,3,12,15-16H2. The van der Waals surface area contributed by atoms with Crippen LogP contribution in [-0.2, 0) is 24.3 Å².